The van der Waals surface area contributed by atoms with E-state index in [1.54, 1.807) is 42.1 Å². The maximum atomic E-state index is 15.3. The van der Waals surface area contributed by atoms with Crippen molar-refractivity contribution in [3.05, 3.63) is 69.0 Å². The van der Waals surface area contributed by atoms with Crippen molar-refractivity contribution in [2.24, 2.45) is 5.73 Å². The summed E-state index contributed by atoms with van der Waals surface area (Å²) < 4.78 is 45.6. The Balaban J connectivity index is 0.00000155. The van der Waals surface area contributed by atoms with Crippen LogP contribution in [0.15, 0.2) is 48.1 Å². The maximum Gasteiger partial charge on any atom is 0.272 e. The van der Waals surface area contributed by atoms with Crippen molar-refractivity contribution in [1.29, 1.82) is 0 Å². The molecule has 3 heterocycles. The van der Waals surface area contributed by atoms with Crippen LogP contribution < -0.4 is 20.5 Å². The van der Waals surface area contributed by atoms with Crippen molar-refractivity contribution in [2.45, 2.75) is 25.9 Å². The molecular weight excluding hydrogens is 611 g/mol. The Bertz CT molecular complexity index is 1600. The molecule has 3 N–H and O–H groups in total. The molecule has 12 nitrogen and oxygen atoms in total. The van der Waals surface area contributed by atoms with Crippen molar-refractivity contribution in [3.8, 4) is 5.69 Å². The number of imidazole rings is 1. The van der Waals surface area contributed by atoms with Gasteiger partial charge in [0.2, 0.25) is 15.9 Å². The molecule has 4 rings (SSSR count). The second-order valence-corrected chi connectivity index (χ2v) is 13.3. The molecule has 1 fully saturated rings. The number of amides is 2. The molecule has 1 atom stereocenters. The first-order chi connectivity index (χ1) is 19.7. The normalized spacial score (nSPS) is 15.8. The number of thiophene rings is 1. The van der Waals surface area contributed by atoms with Crippen LogP contribution in [0.1, 0.15) is 24.0 Å². The van der Waals surface area contributed by atoms with Gasteiger partial charge in [0.1, 0.15) is 18.4 Å². The fraction of sp³-hybridized carbons (Fsp3) is 0.308. The summed E-state index contributed by atoms with van der Waals surface area (Å²) in [5.41, 5.74) is 6.37. The number of allylic oxidation sites excluding steroid dienone is 1. The smallest absolute Gasteiger partial charge is 0.272 e. The quantitative estimate of drug-likeness (QED) is 0.248. The number of nitrogens with one attached hydrogen (secondary N) is 1. The third-order valence-electron chi connectivity index (χ3n) is 6.18. The van der Waals surface area contributed by atoms with E-state index in [2.05, 4.69) is 9.71 Å². The van der Waals surface area contributed by atoms with Crippen LogP contribution >= 0.6 is 22.9 Å². The first-order valence-corrected chi connectivity index (χ1v) is 15.2. The first kappa shape index (κ1) is 32.9. The van der Waals surface area contributed by atoms with E-state index in [1.807, 2.05) is 14.1 Å². The molecular formula is C26H30ClFN6O6S2. The van der Waals surface area contributed by atoms with E-state index in [-0.39, 0.29) is 29.7 Å². The Labute approximate surface area is 251 Å². The summed E-state index contributed by atoms with van der Waals surface area (Å²) in [4.78, 5) is 39.0. The number of primary amides is 1. The van der Waals surface area contributed by atoms with Gasteiger partial charge in [-0.15, -0.1) is 11.3 Å². The number of halogens is 2. The molecule has 2 amide bonds. The monoisotopic (exact) mass is 640 g/mol. The van der Waals surface area contributed by atoms with Crippen LogP contribution in [0.3, 0.4) is 0 Å². The predicted molar refractivity (Wildman–Crippen MR) is 155 cm³/mol. The van der Waals surface area contributed by atoms with Gasteiger partial charge in [0.25, 0.3) is 5.91 Å². The average Bonchev–Trinajstić information content (AvgIpc) is 3.59. The highest BCUT2D eigenvalue weighted by Gasteiger charge is 2.36. The largest absolute Gasteiger partial charge is 0.554 e. The van der Waals surface area contributed by atoms with Gasteiger partial charge in [0, 0.05) is 42.0 Å². The number of anilines is 1. The minimum atomic E-state index is -3.95. The Kier molecular flexibility index (Phi) is 10.6. The standard InChI is InChI=1S/C25H28ClFN6O4S2.CH2O2/c1-16(21-6-7-22(26)38-21)15-39(36,37)30-19-8-10-32(25(19)35)20-5-4-17(12-18(20)27)31-11-9-29-24(31)14-33(2,3)13-23(28)34;2-1-3/h4-7,9,11-12,15,19,30H,8,10,13-14H2,1-3H3,(H-,28,34);1H,(H,2,3)/t19-;/m0./s1. The molecule has 16 heteroatoms. The molecule has 0 unspecified atom stereocenters. The Hall–Kier alpha value is -3.63. The number of nitrogens with two attached hydrogens (primary N) is 1. The van der Waals surface area contributed by atoms with Crippen molar-refractivity contribution >= 4 is 62.5 Å². The number of carboxylic acid groups (broad SMARTS) is 1. The molecule has 2 aromatic heterocycles. The SMILES string of the molecule is CC(=CS(=O)(=O)N[C@H]1CCN(c2ccc(-n3ccnc3C[N+](C)(C)CC(N)=O)cc2F)C1=O)c1ccc(Cl)s1.O=C[O-]. The summed E-state index contributed by atoms with van der Waals surface area (Å²) in [5.74, 6) is -1.01. The lowest BCUT2D eigenvalue weighted by molar-refractivity contribution is -0.896. The minimum absolute atomic E-state index is 0.0527. The zero-order chi connectivity index (χ0) is 31.2. The second kappa shape index (κ2) is 13.6. The van der Waals surface area contributed by atoms with Crippen LogP contribution in [0.5, 0.6) is 0 Å². The molecule has 226 valence electrons. The van der Waals surface area contributed by atoms with Crippen molar-refractivity contribution in [1.82, 2.24) is 14.3 Å². The Morgan fingerprint density at radius 3 is 2.62 bits per heavy atom. The molecule has 1 aromatic carbocycles. The molecule has 1 aliphatic heterocycles. The fourth-order valence-electron chi connectivity index (χ4n) is 4.49. The van der Waals surface area contributed by atoms with Gasteiger partial charge in [-0.2, -0.15) is 4.72 Å². The summed E-state index contributed by atoms with van der Waals surface area (Å²) in [5, 5.41) is 9.31. The highest BCUT2D eigenvalue weighted by molar-refractivity contribution is 7.92. The number of likely N-dealkylation sites (N-methyl/N-ethyl adjacent to an activating group) is 1. The number of benzene rings is 1. The zero-order valence-electron chi connectivity index (χ0n) is 23.0. The molecule has 3 aromatic rings. The molecule has 0 aliphatic carbocycles. The molecule has 0 bridgehead atoms. The first-order valence-electron chi connectivity index (χ1n) is 12.4. The molecule has 42 heavy (non-hydrogen) atoms. The van der Waals surface area contributed by atoms with Crippen molar-refractivity contribution < 1.29 is 36.8 Å². The number of sulfonamides is 1. The van der Waals surface area contributed by atoms with Crippen LogP contribution in [0.4, 0.5) is 10.1 Å². The van der Waals surface area contributed by atoms with Crippen LogP contribution in [0, 0.1) is 5.82 Å². The zero-order valence-corrected chi connectivity index (χ0v) is 25.4. The number of carbonyl (C=O) groups excluding carboxylic acids is 3. The number of hydrogen-bond donors (Lipinski definition) is 2. The van der Waals surface area contributed by atoms with Gasteiger partial charge in [0.05, 0.1) is 29.5 Å². The number of hydrogen-bond acceptors (Lipinski definition) is 8. The Morgan fingerprint density at radius 1 is 1.33 bits per heavy atom. The molecule has 0 saturated carbocycles. The van der Waals surface area contributed by atoms with E-state index in [9.17, 15) is 18.0 Å². The molecule has 1 aliphatic rings. The number of rotatable bonds is 10. The van der Waals surface area contributed by atoms with Gasteiger partial charge >= 0.3 is 0 Å². The van der Waals surface area contributed by atoms with E-state index >= 15 is 4.39 Å². The maximum absolute atomic E-state index is 15.3. The third-order valence-corrected chi connectivity index (χ3v) is 8.82. The van der Waals surface area contributed by atoms with E-state index in [4.69, 9.17) is 27.2 Å². The number of carbonyl (C=O) groups is 3. The van der Waals surface area contributed by atoms with Gasteiger partial charge < -0.3 is 25.0 Å². The summed E-state index contributed by atoms with van der Waals surface area (Å²) in [6.45, 7) is 1.78. The molecule has 1 saturated heterocycles. The summed E-state index contributed by atoms with van der Waals surface area (Å²) in [7, 11) is -0.267. The van der Waals surface area contributed by atoms with Crippen LogP contribution in [-0.2, 0) is 31.0 Å². The van der Waals surface area contributed by atoms with Crippen molar-refractivity contribution in [3.63, 3.8) is 0 Å². The number of quaternary nitrogens is 1. The van der Waals surface area contributed by atoms with Gasteiger partial charge in [-0.3, -0.25) is 14.2 Å². The van der Waals surface area contributed by atoms with Gasteiger partial charge in [0.15, 0.2) is 12.4 Å². The summed E-state index contributed by atoms with van der Waals surface area (Å²) in [6.07, 6.45) is 3.45. The molecule has 0 spiro atoms. The van der Waals surface area contributed by atoms with E-state index in [0.29, 0.717) is 32.8 Å². The topological polar surface area (TPSA) is 168 Å². The number of aromatic nitrogens is 2. The van der Waals surface area contributed by atoms with E-state index in [0.717, 1.165) is 5.41 Å². The lowest BCUT2D eigenvalue weighted by atomic mass is 10.2. The number of nitrogens with zero attached hydrogens (tertiary/aromatic N) is 4. The lowest BCUT2D eigenvalue weighted by Crippen LogP contribution is -2.45. The summed E-state index contributed by atoms with van der Waals surface area (Å²) >= 11 is 7.18. The summed E-state index contributed by atoms with van der Waals surface area (Å²) in [6, 6.07) is 6.80. The fourth-order valence-corrected chi connectivity index (χ4v) is 6.85. The van der Waals surface area contributed by atoms with Gasteiger partial charge in [-0.1, -0.05) is 11.6 Å². The average molecular weight is 641 g/mol. The Morgan fingerprint density at radius 2 is 2.02 bits per heavy atom. The van der Waals surface area contributed by atoms with E-state index in [1.165, 1.54) is 28.4 Å². The van der Waals surface area contributed by atoms with Gasteiger partial charge in [-0.25, -0.2) is 17.8 Å². The minimum Gasteiger partial charge on any atom is -0.554 e. The second-order valence-electron chi connectivity index (χ2n) is 10.1. The van der Waals surface area contributed by atoms with Crippen LogP contribution in [0.2, 0.25) is 4.34 Å². The molecule has 0 radical (unpaired) electrons. The highest BCUT2D eigenvalue weighted by Crippen LogP contribution is 2.29. The highest BCUT2D eigenvalue weighted by atomic mass is 35.5. The third kappa shape index (κ3) is 8.45. The van der Waals surface area contributed by atoms with Crippen LogP contribution in [-0.4, -0.2) is 74.0 Å². The van der Waals surface area contributed by atoms with Crippen LogP contribution in [0.25, 0.3) is 11.3 Å². The lowest BCUT2D eigenvalue weighted by Gasteiger charge is -2.28. The predicted octanol–water partition coefficient (Wildman–Crippen LogP) is 1.24. The van der Waals surface area contributed by atoms with Crippen molar-refractivity contribution in [2.75, 3.05) is 32.1 Å². The van der Waals surface area contributed by atoms with E-state index < -0.39 is 40.2 Å². The van der Waals surface area contributed by atoms with Gasteiger partial charge in [-0.05, 0) is 43.2 Å².